The number of nitrogens with zero attached hydrogens (tertiary/aromatic N) is 2. The van der Waals surface area contributed by atoms with E-state index in [2.05, 4.69) is 5.32 Å². The average molecular weight is 396 g/mol. The lowest BCUT2D eigenvalue weighted by molar-refractivity contribution is -0.129. The summed E-state index contributed by atoms with van der Waals surface area (Å²) in [6.45, 7) is 7.31. The maximum atomic E-state index is 12.8. The number of carbonyl (C=O) groups is 2. The third-order valence-electron chi connectivity index (χ3n) is 4.98. The number of nitrogens with one attached hydrogen (secondary N) is 1. The summed E-state index contributed by atoms with van der Waals surface area (Å²) in [5, 5.41) is 2.59. The zero-order chi connectivity index (χ0) is 20.0. The molecule has 1 aliphatic heterocycles. The van der Waals surface area contributed by atoms with Crippen LogP contribution in [0, 0.1) is 0 Å². The molecule has 0 saturated carbocycles. The number of rotatable bonds is 7. The van der Waals surface area contributed by atoms with Crippen LogP contribution in [0.4, 0.5) is 0 Å². The minimum Gasteiger partial charge on any atom is -0.343 e. The second kappa shape index (κ2) is 9.32. The second-order valence-corrected chi connectivity index (χ2v) is 8.62. The molecule has 1 saturated heterocycles. The van der Waals surface area contributed by atoms with Gasteiger partial charge in [0, 0.05) is 31.2 Å². The van der Waals surface area contributed by atoms with Crippen LogP contribution in [0.25, 0.3) is 0 Å². The molecule has 1 heterocycles. The van der Waals surface area contributed by atoms with E-state index in [1.165, 1.54) is 28.6 Å². The quantitative estimate of drug-likeness (QED) is 0.763. The second-order valence-electron chi connectivity index (χ2n) is 6.73. The van der Waals surface area contributed by atoms with Gasteiger partial charge in [0.2, 0.25) is 15.9 Å². The van der Waals surface area contributed by atoms with Crippen molar-refractivity contribution in [1.82, 2.24) is 14.5 Å². The molecular formula is C19H29N3O4S. The number of likely N-dealkylation sites (N-methyl/N-ethyl adjacent to an activating group) is 1. The largest absolute Gasteiger partial charge is 0.343 e. The first-order valence-electron chi connectivity index (χ1n) is 9.49. The van der Waals surface area contributed by atoms with Crippen molar-refractivity contribution in [2.24, 2.45) is 0 Å². The van der Waals surface area contributed by atoms with E-state index in [0.717, 1.165) is 19.3 Å². The fourth-order valence-corrected chi connectivity index (χ4v) is 4.99. The highest BCUT2D eigenvalue weighted by Gasteiger charge is 2.30. The molecule has 0 spiro atoms. The van der Waals surface area contributed by atoms with Crippen LogP contribution in [-0.2, 0) is 14.8 Å². The standard InChI is InChI=1S/C19H29N3O4S/c1-4-21(5-2)18(23)14-20-19(24)16-9-11-17(12-10-16)27(25,26)22-13-7-6-8-15(22)3/h9-12,15H,4-8,13-14H2,1-3H3,(H,20,24). The Hall–Kier alpha value is -1.93. The van der Waals surface area contributed by atoms with Gasteiger partial charge in [0.05, 0.1) is 11.4 Å². The number of amides is 2. The predicted octanol–water partition coefficient (Wildman–Crippen LogP) is 1.85. The Balaban J connectivity index is 2.04. The van der Waals surface area contributed by atoms with E-state index < -0.39 is 15.9 Å². The minimum atomic E-state index is -3.56. The van der Waals surface area contributed by atoms with Crippen LogP contribution in [0.15, 0.2) is 29.2 Å². The van der Waals surface area contributed by atoms with Crippen molar-refractivity contribution >= 4 is 21.8 Å². The van der Waals surface area contributed by atoms with Gasteiger partial charge in [-0.3, -0.25) is 9.59 Å². The Morgan fingerprint density at radius 1 is 1.15 bits per heavy atom. The van der Waals surface area contributed by atoms with Crippen molar-refractivity contribution in [2.75, 3.05) is 26.2 Å². The summed E-state index contributed by atoms with van der Waals surface area (Å²) in [4.78, 5) is 26.0. The number of benzene rings is 1. The van der Waals surface area contributed by atoms with Gasteiger partial charge in [-0.05, 0) is 57.9 Å². The van der Waals surface area contributed by atoms with Crippen molar-refractivity contribution in [3.05, 3.63) is 29.8 Å². The van der Waals surface area contributed by atoms with Gasteiger partial charge < -0.3 is 10.2 Å². The summed E-state index contributed by atoms with van der Waals surface area (Å²) in [5.41, 5.74) is 0.327. The molecule has 27 heavy (non-hydrogen) atoms. The SMILES string of the molecule is CCN(CC)C(=O)CNC(=O)c1ccc(S(=O)(=O)N2CCCCC2C)cc1. The van der Waals surface area contributed by atoms with E-state index in [-0.39, 0.29) is 23.4 Å². The lowest BCUT2D eigenvalue weighted by Crippen LogP contribution is -2.42. The molecule has 0 aromatic heterocycles. The third kappa shape index (κ3) is 5.07. The van der Waals surface area contributed by atoms with Gasteiger partial charge in [-0.2, -0.15) is 4.31 Å². The van der Waals surface area contributed by atoms with E-state index in [9.17, 15) is 18.0 Å². The summed E-state index contributed by atoms with van der Waals surface area (Å²) < 4.78 is 27.2. The topological polar surface area (TPSA) is 86.8 Å². The van der Waals surface area contributed by atoms with Gasteiger partial charge in [0.25, 0.3) is 5.91 Å². The van der Waals surface area contributed by atoms with E-state index in [1.807, 2.05) is 20.8 Å². The first-order chi connectivity index (χ1) is 12.8. The van der Waals surface area contributed by atoms with Crippen molar-refractivity contribution in [1.29, 1.82) is 0 Å². The molecule has 2 rings (SSSR count). The summed E-state index contributed by atoms with van der Waals surface area (Å²) in [5.74, 6) is -0.544. The zero-order valence-corrected chi connectivity index (χ0v) is 17.1. The van der Waals surface area contributed by atoms with Crippen LogP contribution in [0.5, 0.6) is 0 Å². The van der Waals surface area contributed by atoms with E-state index >= 15 is 0 Å². The maximum Gasteiger partial charge on any atom is 0.251 e. The number of hydrogen-bond donors (Lipinski definition) is 1. The van der Waals surface area contributed by atoms with Crippen molar-refractivity contribution in [3.8, 4) is 0 Å². The number of hydrogen-bond acceptors (Lipinski definition) is 4. The predicted molar refractivity (Wildman–Crippen MR) is 104 cm³/mol. The Bertz CT molecular complexity index is 758. The molecule has 1 aromatic carbocycles. The van der Waals surface area contributed by atoms with Gasteiger partial charge >= 0.3 is 0 Å². The molecule has 0 bridgehead atoms. The molecule has 0 radical (unpaired) electrons. The number of piperidine rings is 1. The molecular weight excluding hydrogens is 366 g/mol. The first kappa shape index (κ1) is 21.4. The molecule has 8 heteroatoms. The Kier molecular flexibility index (Phi) is 7.38. The van der Waals surface area contributed by atoms with Gasteiger partial charge in [-0.15, -0.1) is 0 Å². The van der Waals surface area contributed by atoms with Crippen LogP contribution in [0.1, 0.15) is 50.4 Å². The number of sulfonamides is 1. The summed E-state index contributed by atoms with van der Waals surface area (Å²) in [6.07, 6.45) is 2.77. The number of carbonyl (C=O) groups excluding carboxylic acids is 2. The molecule has 1 atom stereocenters. The lowest BCUT2D eigenvalue weighted by Gasteiger charge is -2.32. The van der Waals surface area contributed by atoms with Crippen LogP contribution in [0.2, 0.25) is 0 Å². The highest BCUT2D eigenvalue weighted by Crippen LogP contribution is 2.25. The first-order valence-corrected chi connectivity index (χ1v) is 10.9. The van der Waals surface area contributed by atoms with Crippen LogP contribution in [-0.4, -0.2) is 61.7 Å². The molecule has 7 nitrogen and oxygen atoms in total. The zero-order valence-electron chi connectivity index (χ0n) is 16.3. The van der Waals surface area contributed by atoms with Crippen LogP contribution >= 0.6 is 0 Å². The Morgan fingerprint density at radius 2 is 1.78 bits per heavy atom. The Morgan fingerprint density at radius 3 is 2.33 bits per heavy atom. The highest BCUT2D eigenvalue weighted by molar-refractivity contribution is 7.89. The molecule has 1 fully saturated rings. The lowest BCUT2D eigenvalue weighted by atomic mass is 10.1. The minimum absolute atomic E-state index is 0.0159. The fourth-order valence-electron chi connectivity index (χ4n) is 3.29. The molecule has 0 aliphatic carbocycles. The maximum absolute atomic E-state index is 12.8. The van der Waals surface area contributed by atoms with Gasteiger partial charge in [0.1, 0.15) is 0 Å². The summed E-state index contributed by atoms with van der Waals surface area (Å²) >= 11 is 0. The molecule has 2 amide bonds. The van der Waals surface area contributed by atoms with Crippen LogP contribution < -0.4 is 5.32 Å². The van der Waals surface area contributed by atoms with Gasteiger partial charge in [-0.1, -0.05) is 6.42 Å². The van der Waals surface area contributed by atoms with Crippen molar-refractivity contribution in [3.63, 3.8) is 0 Å². The molecule has 1 unspecified atom stereocenters. The van der Waals surface area contributed by atoms with Crippen LogP contribution in [0.3, 0.4) is 0 Å². The monoisotopic (exact) mass is 395 g/mol. The smallest absolute Gasteiger partial charge is 0.251 e. The van der Waals surface area contributed by atoms with Crippen molar-refractivity contribution < 1.29 is 18.0 Å². The van der Waals surface area contributed by atoms with Gasteiger partial charge in [-0.25, -0.2) is 8.42 Å². The molecule has 1 N–H and O–H groups in total. The molecule has 150 valence electrons. The fraction of sp³-hybridized carbons (Fsp3) is 0.579. The molecule has 1 aromatic rings. The summed E-state index contributed by atoms with van der Waals surface area (Å²) in [6, 6.07) is 5.87. The van der Waals surface area contributed by atoms with E-state index in [0.29, 0.717) is 25.2 Å². The molecule has 1 aliphatic rings. The van der Waals surface area contributed by atoms with E-state index in [4.69, 9.17) is 0 Å². The Labute approximate surface area is 161 Å². The van der Waals surface area contributed by atoms with E-state index in [1.54, 1.807) is 4.90 Å². The average Bonchev–Trinajstić information content (AvgIpc) is 2.67. The normalized spacial score (nSPS) is 18.1. The van der Waals surface area contributed by atoms with Crippen molar-refractivity contribution in [2.45, 2.75) is 51.0 Å². The van der Waals surface area contributed by atoms with Gasteiger partial charge in [0.15, 0.2) is 0 Å². The highest BCUT2D eigenvalue weighted by atomic mass is 32.2. The summed E-state index contributed by atoms with van der Waals surface area (Å²) in [7, 11) is -3.56. The third-order valence-corrected chi connectivity index (χ3v) is 7.01.